The lowest BCUT2D eigenvalue weighted by Crippen LogP contribution is -1.95. The highest BCUT2D eigenvalue weighted by atomic mass is 35.5. The molecule has 0 aromatic carbocycles. The van der Waals surface area contributed by atoms with Crippen LogP contribution in [0.2, 0.25) is 5.28 Å². The SMILES string of the molecule is CNc1nc(Cl)nc2c(-c3ccccn3)[nH]nc12. The van der Waals surface area contributed by atoms with E-state index in [1.807, 2.05) is 18.2 Å². The van der Waals surface area contributed by atoms with Gasteiger partial charge in [0.1, 0.15) is 11.2 Å². The number of halogens is 1. The number of H-pyrrole nitrogens is 1. The number of pyridine rings is 1. The number of aromatic amines is 1. The average molecular weight is 261 g/mol. The second-order valence-electron chi connectivity index (χ2n) is 3.60. The van der Waals surface area contributed by atoms with Crippen molar-refractivity contribution in [1.82, 2.24) is 25.1 Å². The molecule has 2 N–H and O–H groups in total. The Morgan fingerprint density at radius 2 is 2.11 bits per heavy atom. The maximum Gasteiger partial charge on any atom is 0.225 e. The van der Waals surface area contributed by atoms with E-state index < -0.39 is 0 Å². The fraction of sp³-hybridized carbons (Fsp3) is 0.0909. The van der Waals surface area contributed by atoms with Crippen molar-refractivity contribution in [2.75, 3.05) is 12.4 Å². The molecule has 0 amide bonds. The van der Waals surface area contributed by atoms with Crippen LogP contribution in [0, 0.1) is 0 Å². The first-order chi connectivity index (χ1) is 8.79. The molecule has 0 aliphatic heterocycles. The molecular weight excluding hydrogens is 252 g/mol. The van der Waals surface area contributed by atoms with Crippen molar-refractivity contribution in [2.24, 2.45) is 0 Å². The van der Waals surface area contributed by atoms with Gasteiger partial charge in [-0.1, -0.05) is 6.07 Å². The topological polar surface area (TPSA) is 79.4 Å². The third kappa shape index (κ3) is 1.67. The van der Waals surface area contributed by atoms with Gasteiger partial charge in [0, 0.05) is 13.2 Å². The number of fused-ring (bicyclic) bond motifs is 1. The Balaban J connectivity index is 2.30. The van der Waals surface area contributed by atoms with E-state index in [0.717, 1.165) is 11.4 Å². The highest BCUT2D eigenvalue weighted by molar-refractivity contribution is 6.29. The second kappa shape index (κ2) is 4.23. The van der Waals surface area contributed by atoms with Crippen LogP contribution < -0.4 is 5.32 Å². The van der Waals surface area contributed by atoms with Crippen LogP contribution in [0.25, 0.3) is 22.4 Å². The number of nitrogens with zero attached hydrogens (tertiary/aromatic N) is 4. The summed E-state index contributed by atoms with van der Waals surface area (Å²) in [6, 6.07) is 5.63. The molecule has 3 rings (SSSR count). The molecule has 90 valence electrons. The Bertz CT molecular complexity index is 693. The maximum absolute atomic E-state index is 5.89. The standard InChI is InChI=1S/C11H9ClN6/c1-13-10-9-8(15-11(12)16-10)7(17-18-9)6-4-2-3-5-14-6/h2-5H,1H3,(H,17,18)(H,13,15,16). The largest absolute Gasteiger partial charge is 0.371 e. The first kappa shape index (κ1) is 10.9. The van der Waals surface area contributed by atoms with E-state index in [-0.39, 0.29) is 5.28 Å². The van der Waals surface area contributed by atoms with Crippen LogP contribution in [-0.4, -0.2) is 32.2 Å². The number of rotatable bonds is 2. The van der Waals surface area contributed by atoms with Crippen molar-refractivity contribution >= 4 is 28.5 Å². The smallest absolute Gasteiger partial charge is 0.225 e. The molecule has 18 heavy (non-hydrogen) atoms. The highest BCUT2D eigenvalue weighted by Gasteiger charge is 2.15. The van der Waals surface area contributed by atoms with Crippen LogP contribution >= 0.6 is 11.6 Å². The van der Waals surface area contributed by atoms with Crippen LogP contribution in [-0.2, 0) is 0 Å². The van der Waals surface area contributed by atoms with Gasteiger partial charge in [0.05, 0.1) is 5.69 Å². The van der Waals surface area contributed by atoms with Crippen LogP contribution in [0.15, 0.2) is 24.4 Å². The monoisotopic (exact) mass is 260 g/mol. The van der Waals surface area contributed by atoms with E-state index in [0.29, 0.717) is 16.9 Å². The zero-order valence-electron chi connectivity index (χ0n) is 9.48. The lowest BCUT2D eigenvalue weighted by Gasteiger charge is -2.00. The molecule has 0 spiro atoms. The van der Waals surface area contributed by atoms with Gasteiger partial charge in [0.2, 0.25) is 5.28 Å². The molecule has 0 radical (unpaired) electrons. The van der Waals surface area contributed by atoms with Crippen LogP contribution in [0.5, 0.6) is 0 Å². The summed E-state index contributed by atoms with van der Waals surface area (Å²) in [4.78, 5) is 12.5. The van der Waals surface area contributed by atoms with E-state index in [9.17, 15) is 0 Å². The van der Waals surface area contributed by atoms with E-state index in [1.54, 1.807) is 13.2 Å². The molecule has 0 fully saturated rings. The normalized spacial score (nSPS) is 10.8. The Hall–Kier alpha value is -2.21. The number of hydrogen-bond acceptors (Lipinski definition) is 5. The van der Waals surface area contributed by atoms with Gasteiger partial charge in [-0.2, -0.15) is 10.1 Å². The van der Waals surface area contributed by atoms with E-state index in [2.05, 4.69) is 30.5 Å². The summed E-state index contributed by atoms with van der Waals surface area (Å²) in [5.41, 5.74) is 2.78. The van der Waals surface area contributed by atoms with Crippen molar-refractivity contribution in [3.8, 4) is 11.4 Å². The molecule has 0 bridgehead atoms. The van der Waals surface area contributed by atoms with E-state index >= 15 is 0 Å². The fourth-order valence-electron chi connectivity index (χ4n) is 1.74. The molecule has 6 nitrogen and oxygen atoms in total. The quantitative estimate of drug-likeness (QED) is 0.690. The summed E-state index contributed by atoms with van der Waals surface area (Å²) < 4.78 is 0. The van der Waals surface area contributed by atoms with E-state index in [1.165, 1.54) is 0 Å². The van der Waals surface area contributed by atoms with Gasteiger partial charge < -0.3 is 5.32 Å². The number of nitrogens with one attached hydrogen (secondary N) is 2. The predicted molar refractivity (Wildman–Crippen MR) is 69.5 cm³/mol. The summed E-state index contributed by atoms with van der Waals surface area (Å²) in [6.45, 7) is 0. The summed E-state index contributed by atoms with van der Waals surface area (Å²) in [5.74, 6) is 0.587. The second-order valence-corrected chi connectivity index (χ2v) is 3.94. The molecule has 0 aliphatic rings. The number of hydrogen-bond donors (Lipinski definition) is 2. The van der Waals surface area contributed by atoms with Crippen molar-refractivity contribution in [3.05, 3.63) is 29.7 Å². The maximum atomic E-state index is 5.89. The lowest BCUT2D eigenvalue weighted by molar-refractivity contribution is 1.11. The Morgan fingerprint density at radius 1 is 1.22 bits per heavy atom. The molecule has 0 unspecified atom stereocenters. The minimum absolute atomic E-state index is 0.172. The zero-order chi connectivity index (χ0) is 12.5. The van der Waals surface area contributed by atoms with Crippen molar-refractivity contribution < 1.29 is 0 Å². The molecular formula is C11H9ClN6. The molecule has 0 saturated heterocycles. The average Bonchev–Trinajstić information content (AvgIpc) is 2.82. The predicted octanol–water partition coefficient (Wildman–Crippen LogP) is 2.11. The minimum atomic E-state index is 0.172. The molecule has 0 aliphatic carbocycles. The van der Waals surface area contributed by atoms with Gasteiger partial charge in [-0.25, -0.2) is 4.98 Å². The van der Waals surface area contributed by atoms with Gasteiger partial charge in [0.25, 0.3) is 0 Å². The first-order valence-electron chi connectivity index (χ1n) is 5.30. The molecule has 3 aromatic heterocycles. The Kier molecular flexibility index (Phi) is 2.56. The van der Waals surface area contributed by atoms with Gasteiger partial charge in [0.15, 0.2) is 11.3 Å². The van der Waals surface area contributed by atoms with Gasteiger partial charge >= 0.3 is 0 Å². The molecule has 0 saturated carbocycles. The molecule has 3 heterocycles. The van der Waals surface area contributed by atoms with Crippen LogP contribution in [0.4, 0.5) is 5.82 Å². The van der Waals surface area contributed by atoms with Gasteiger partial charge in [-0.3, -0.25) is 10.1 Å². The fourth-order valence-corrected chi connectivity index (χ4v) is 1.91. The van der Waals surface area contributed by atoms with Crippen molar-refractivity contribution in [2.45, 2.75) is 0 Å². The molecule has 0 atom stereocenters. The lowest BCUT2D eigenvalue weighted by atomic mass is 10.2. The summed E-state index contributed by atoms with van der Waals surface area (Å²) >= 11 is 5.89. The summed E-state index contributed by atoms with van der Waals surface area (Å²) in [7, 11) is 1.76. The zero-order valence-corrected chi connectivity index (χ0v) is 10.2. The third-order valence-electron chi connectivity index (χ3n) is 2.53. The van der Waals surface area contributed by atoms with Crippen molar-refractivity contribution in [1.29, 1.82) is 0 Å². The van der Waals surface area contributed by atoms with Crippen LogP contribution in [0.3, 0.4) is 0 Å². The first-order valence-corrected chi connectivity index (χ1v) is 5.68. The minimum Gasteiger partial charge on any atom is -0.371 e. The summed E-state index contributed by atoms with van der Waals surface area (Å²) in [5, 5.41) is 10.2. The Labute approximate surface area is 107 Å². The number of aromatic nitrogens is 5. The van der Waals surface area contributed by atoms with Gasteiger partial charge in [-0.05, 0) is 23.7 Å². The van der Waals surface area contributed by atoms with E-state index in [4.69, 9.17) is 11.6 Å². The third-order valence-corrected chi connectivity index (χ3v) is 2.70. The Morgan fingerprint density at radius 3 is 2.83 bits per heavy atom. The van der Waals surface area contributed by atoms with Crippen molar-refractivity contribution in [3.63, 3.8) is 0 Å². The van der Waals surface area contributed by atoms with Crippen LogP contribution in [0.1, 0.15) is 0 Å². The summed E-state index contributed by atoms with van der Waals surface area (Å²) in [6.07, 6.45) is 1.71. The highest BCUT2D eigenvalue weighted by Crippen LogP contribution is 2.27. The number of anilines is 1. The molecule has 3 aromatic rings. The van der Waals surface area contributed by atoms with Gasteiger partial charge in [-0.15, -0.1) is 0 Å². The molecule has 7 heteroatoms.